The van der Waals surface area contributed by atoms with E-state index in [1.807, 2.05) is 0 Å². The number of ether oxygens (including phenoxy) is 1. The molecule has 0 radical (unpaired) electrons. The first kappa shape index (κ1) is 15.9. The van der Waals surface area contributed by atoms with Gasteiger partial charge in [0.1, 0.15) is 5.75 Å². The van der Waals surface area contributed by atoms with E-state index in [1.165, 1.54) is 63.6 Å². The van der Waals surface area contributed by atoms with Crippen molar-refractivity contribution in [2.75, 3.05) is 19.7 Å². The third kappa shape index (κ3) is 4.04. The molecule has 2 nitrogen and oxygen atoms in total. The van der Waals surface area contributed by atoms with E-state index in [1.54, 1.807) is 5.56 Å². The molecule has 1 aliphatic heterocycles. The predicted octanol–water partition coefficient (Wildman–Crippen LogP) is 4.70. The van der Waals surface area contributed by atoms with Crippen molar-refractivity contribution in [1.82, 2.24) is 4.90 Å². The molecule has 1 aromatic carbocycles. The molecular weight excluding hydrogens is 270 g/mol. The van der Waals surface area contributed by atoms with Crippen molar-refractivity contribution < 1.29 is 6.16 Å². The van der Waals surface area contributed by atoms with Gasteiger partial charge in [-0.2, -0.15) is 0 Å². The second-order valence-electron chi connectivity index (χ2n) is 7.38. The molecule has 1 aliphatic carbocycles. The zero-order chi connectivity index (χ0) is 15.4. The Morgan fingerprint density at radius 3 is 2.55 bits per heavy atom. The lowest BCUT2D eigenvalue weighted by atomic mass is 9.97. The molecule has 1 aromatic rings. The first-order valence-corrected chi connectivity index (χ1v) is 9.21. The maximum Gasteiger partial charge on any atom is 0.119 e. The molecule has 0 spiro atoms. The summed E-state index contributed by atoms with van der Waals surface area (Å²) in [5.74, 6) is 1.82. The third-order valence-electron chi connectivity index (χ3n) is 5.44. The summed E-state index contributed by atoms with van der Waals surface area (Å²) in [6, 6.07) is 7.49. The van der Waals surface area contributed by atoms with E-state index in [2.05, 4.69) is 36.9 Å². The lowest BCUT2D eigenvalue weighted by molar-refractivity contribution is 0.119. The fourth-order valence-corrected chi connectivity index (χ4v) is 3.83. The normalized spacial score (nSPS) is 20.7. The molecule has 0 N–H and O–H groups in total. The van der Waals surface area contributed by atoms with Gasteiger partial charge in [0.25, 0.3) is 0 Å². The molecule has 22 heavy (non-hydrogen) atoms. The van der Waals surface area contributed by atoms with Crippen LogP contribution in [0.25, 0.3) is 0 Å². The lowest BCUT2D eigenvalue weighted by Gasteiger charge is -2.34. The fraction of sp³-hybridized carbons (Fsp3) is 0.700. The zero-order valence-corrected chi connectivity index (χ0v) is 14.3. The van der Waals surface area contributed by atoms with Gasteiger partial charge in [-0.05, 0) is 94.6 Å². The highest BCUT2D eigenvalue weighted by atomic mass is 16.5. The van der Waals surface area contributed by atoms with E-state index >= 15 is 0 Å². The Morgan fingerprint density at radius 2 is 1.82 bits per heavy atom. The number of piperidine rings is 1. The van der Waals surface area contributed by atoms with Crippen LogP contribution in [0.4, 0.5) is 0 Å². The fourth-order valence-electron chi connectivity index (χ4n) is 3.83. The van der Waals surface area contributed by atoms with Crippen molar-refractivity contribution in [3.05, 3.63) is 29.3 Å². The average Bonchev–Trinajstić information content (AvgIpc) is 2.78. The van der Waals surface area contributed by atoms with Crippen LogP contribution in [0.15, 0.2) is 18.2 Å². The van der Waals surface area contributed by atoms with Crippen molar-refractivity contribution >= 4 is 0 Å². The molecule has 0 saturated carbocycles. The summed E-state index contributed by atoms with van der Waals surface area (Å²) in [5.41, 5.74) is 3.08. The minimum absolute atomic E-state index is 0. The third-order valence-corrected chi connectivity index (χ3v) is 5.44. The van der Waals surface area contributed by atoms with E-state index in [-0.39, 0.29) is 1.43 Å². The first-order valence-electron chi connectivity index (χ1n) is 9.21. The highest BCUT2D eigenvalue weighted by Crippen LogP contribution is 2.26. The monoisotopic (exact) mass is 303 g/mol. The minimum atomic E-state index is 0. The molecule has 124 valence electrons. The van der Waals surface area contributed by atoms with Crippen LogP contribution in [-0.4, -0.2) is 30.6 Å². The molecule has 0 aromatic heterocycles. The molecule has 1 fully saturated rings. The van der Waals surface area contributed by atoms with E-state index in [9.17, 15) is 0 Å². The Kier molecular flexibility index (Phi) is 5.41. The maximum atomic E-state index is 6.13. The number of fused-ring (bicyclic) bond motifs is 1. The summed E-state index contributed by atoms with van der Waals surface area (Å²) in [5, 5.41) is 0. The summed E-state index contributed by atoms with van der Waals surface area (Å²) in [4.78, 5) is 2.58. The molecule has 2 heteroatoms. The van der Waals surface area contributed by atoms with Crippen LogP contribution in [0.1, 0.15) is 58.5 Å². The van der Waals surface area contributed by atoms with Crippen LogP contribution in [-0.2, 0) is 12.8 Å². The number of likely N-dealkylation sites (tertiary alicyclic amines) is 1. The number of hydrogen-bond donors (Lipinski definition) is 0. The highest BCUT2D eigenvalue weighted by molar-refractivity contribution is 5.36. The van der Waals surface area contributed by atoms with Crippen molar-refractivity contribution in [1.29, 1.82) is 0 Å². The SMILES string of the molecule is CC(C)N1CCC(COc2ccc3c(c2)CCCCC3)CC1.[HH]. The molecule has 0 unspecified atom stereocenters. The van der Waals surface area contributed by atoms with Crippen molar-refractivity contribution in [2.45, 2.75) is 64.8 Å². The molecule has 0 amide bonds. The van der Waals surface area contributed by atoms with Gasteiger partial charge >= 0.3 is 0 Å². The van der Waals surface area contributed by atoms with Gasteiger partial charge in [0.15, 0.2) is 0 Å². The second-order valence-corrected chi connectivity index (χ2v) is 7.38. The van der Waals surface area contributed by atoms with Crippen LogP contribution < -0.4 is 4.74 Å². The van der Waals surface area contributed by atoms with Gasteiger partial charge in [-0.1, -0.05) is 12.5 Å². The van der Waals surface area contributed by atoms with E-state index in [0.717, 1.165) is 18.3 Å². The van der Waals surface area contributed by atoms with Crippen molar-refractivity contribution in [3.63, 3.8) is 0 Å². The van der Waals surface area contributed by atoms with Crippen LogP contribution in [0.2, 0.25) is 0 Å². The summed E-state index contributed by atoms with van der Waals surface area (Å²) in [7, 11) is 0. The van der Waals surface area contributed by atoms with Gasteiger partial charge in [-0.15, -0.1) is 0 Å². The van der Waals surface area contributed by atoms with Crippen LogP contribution >= 0.6 is 0 Å². The molecule has 1 saturated heterocycles. The summed E-state index contributed by atoms with van der Waals surface area (Å²) in [6.07, 6.45) is 9.11. The Morgan fingerprint density at radius 1 is 1.09 bits per heavy atom. The van der Waals surface area contributed by atoms with Gasteiger partial charge in [0.05, 0.1) is 6.61 Å². The summed E-state index contributed by atoms with van der Waals surface area (Å²) >= 11 is 0. The number of benzene rings is 1. The number of hydrogen-bond acceptors (Lipinski definition) is 2. The Labute approximate surface area is 137 Å². The minimum Gasteiger partial charge on any atom is -0.493 e. The highest BCUT2D eigenvalue weighted by Gasteiger charge is 2.21. The van der Waals surface area contributed by atoms with E-state index < -0.39 is 0 Å². The van der Waals surface area contributed by atoms with Gasteiger partial charge in [-0.25, -0.2) is 0 Å². The molecule has 0 bridgehead atoms. The van der Waals surface area contributed by atoms with Gasteiger partial charge in [-0.3, -0.25) is 0 Å². The van der Waals surface area contributed by atoms with Gasteiger partial charge < -0.3 is 9.64 Å². The lowest BCUT2D eigenvalue weighted by Crippen LogP contribution is -2.39. The molecular formula is C20H33NO. The second kappa shape index (κ2) is 7.50. The Bertz CT molecular complexity index is 481. The topological polar surface area (TPSA) is 12.5 Å². The summed E-state index contributed by atoms with van der Waals surface area (Å²) in [6.45, 7) is 7.95. The van der Waals surface area contributed by atoms with Gasteiger partial charge in [0.2, 0.25) is 0 Å². The molecule has 3 rings (SSSR count). The van der Waals surface area contributed by atoms with Gasteiger partial charge in [0, 0.05) is 7.47 Å². The van der Waals surface area contributed by atoms with Crippen LogP contribution in [0, 0.1) is 5.92 Å². The van der Waals surface area contributed by atoms with Crippen LogP contribution in [0.3, 0.4) is 0 Å². The van der Waals surface area contributed by atoms with Crippen molar-refractivity contribution in [2.24, 2.45) is 5.92 Å². The van der Waals surface area contributed by atoms with E-state index in [4.69, 9.17) is 4.74 Å². The molecule has 1 heterocycles. The molecule has 2 aliphatic rings. The zero-order valence-electron chi connectivity index (χ0n) is 14.3. The number of aryl methyl sites for hydroxylation is 2. The smallest absolute Gasteiger partial charge is 0.119 e. The average molecular weight is 303 g/mol. The van der Waals surface area contributed by atoms with Crippen molar-refractivity contribution in [3.8, 4) is 5.75 Å². The van der Waals surface area contributed by atoms with E-state index in [0.29, 0.717) is 6.04 Å². The van der Waals surface area contributed by atoms with Crippen LogP contribution in [0.5, 0.6) is 5.75 Å². The first-order chi connectivity index (χ1) is 10.7. The largest absolute Gasteiger partial charge is 0.493 e. The quantitative estimate of drug-likeness (QED) is 0.748. The number of nitrogens with zero attached hydrogens (tertiary/aromatic N) is 1. The number of rotatable bonds is 4. The predicted molar refractivity (Wildman–Crippen MR) is 94.7 cm³/mol. The molecule has 0 atom stereocenters. The Hall–Kier alpha value is -1.02. The maximum absolute atomic E-state index is 6.13. The summed E-state index contributed by atoms with van der Waals surface area (Å²) < 4.78 is 6.13. The standard InChI is InChI=1S/C20H31NO.H2/c1-16(2)21-12-10-17(11-13-21)15-22-20-9-8-18-6-4-3-5-7-19(18)14-20;/h8-9,14,16-17H,3-7,10-13,15H2,1-2H3;1H. The Balaban J connectivity index is 0.00000192.